The van der Waals surface area contributed by atoms with E-state index in [1.165, 1.54) is 0 Å². The minimum atomic E-state index is -0.0288. The molecule has 1 unspecified atom stereocenters. The standard InChI is InChI=1S/C22H27N5O2/c1-15-5-6-18-17(12-15)13-19(29-18)22(28)26-8-3-4-16(14-26)21-24-23-20-7-9-25(2)10-11-27(20)21/h5-6,12-13,16H,3-4,7-11,14H2,1-2H3. The number of likely N-dealkylation sites (N-methyl/N-ethyl adjacent to an activating group) is 1. The number of aryl methyl sites for hydroxylation is 1. The molecule has 7 heteroatoms. The summed E-state index contributed by atoms with van der Waals surface area (Å²) in [6.45, 7) is 6.41. The smallest absolute Gasteiger partial charge is 0.289 e. The maximum atomic E-state index is 13.1. The van der Waals surface area contributed by atoms with Crippen LogP contribution in [0, 0.1) is 6.92 Å². The maximum absolute atomic E-state index is 13.1. The number of fused-ring (bicyclic) bond motifs is 2. The van der Waals surface area contributed by atoms with Crippen molar-refractivity contribution < 1.29 is 9.21 Å². The van der Waals surface area contributed by atoms with Crippen LogP contribution in [0.5, 0.6) is 0 Å². The Labute approximate surface area is 170 Å². The number of aromatic nitrogens is 3. The number of hydrogen-bond acceptors (Lipinski definition) is 5. The molecule has 2 aliphatic heterocycles. The van der Waals surface area contributed by atoms with Crippen LogP contribution < -0.4 is 0 Å². The monoisotopic (exact) mass is 393 g/mol. The lowest BCUT2D eigenvalue weighted by molar-refractivity contribution is 0.0673. The zero-order valence-corrected chi connectivity index (χ0v) is 17.1. The van der Waals surface area contributed by atoms with Gasteiger partial charge >= 0.3 is 0 Å². The van der Waals surface area contributed by atoms with E-state index < -0.39 is 0 Å². The first-order chi connectivity index (χ1) is 14.1. The largest absolute Gasteiger partial charge is 0.451 e. The number of hydrogen-bond donors (Lipinski definition) is 0. The van der Waals surface area contributed by atoms with Crippen LogP contribution in [0.1, 0.15) is 46.5 Å². The number of benzene rings is 1. The van der Waals surface area contributed by atoms with Crippen LogP contribution in [0.25, 0.3) is 11.0 Å². The lowest BCUT2D eigenvalue weighted by Gasteiger charge is -2.32. The van der Waals surface area contributed by atoms with Gasteiger partial charge in [-0.3, -0.25) is 4.79 Å². The van der Waals surface area contributed by atoms with Crippen molar-refractivity contribution in [2.24, 2.45) is 0 Å². The molecule has 152 valence electrons. The molecule has 4 heterocycles. The molecule has 1 amide bonds. The fourth-order valence-corrected chi connectivity index (χ4v) is 4.55. The molecule has 1 aromatic carbocycles. The number of amides is 1. The highest BCUT2D eigenvalue weighted by molar-refractivity contribution is 5.96. The van der Waals surface area contributed by atoms with Gasteiger partial charge in [0.1, 0.15) is 17.2 Å². The Morgan fingerprint density at radius 2 is 2.03 bits per heavy atom. The van der Waals surface area contributed by atoms with Gasteiger partial charge in [-0.25, -0.2) is 0 Å². The van der Waals surface area contributed by atoms with Gasteiger partial charge < -0.3 is 18.8 Å². The second kappa shape index (κ2) is 7.30. The van der Waals surface area contributed by atoms with Crippen LogP contribution in [0.4, 0.5) is 0 Å². The Bertz CT molecular complexity index is 1050. The Balaban J connectivity index is 1.37. The zero-order chi connectivity index (χ0) is 20.0. The van der Waals surface area contributed by atoms with Crippen LogP contribution in [-0.4, -0.2) is 63.7 Å². The van der Waals surface area contributed by atoms with Crippen LogP contribution in [-0.2, 0) is 13.0 Å². The van der Waals surface area contributed by atoms with Gasteiger partial charge in [0.2, 0.25) is 0 Å². The summed E-state index contributed by atoms with van der Waals surface area (Å²) in [4.78, 5) is 17.4. The molecule has 1 atom stereocenters. The minimum Gasteiger partial charge on any atom is -0.451 e. The van der Waals surface area contributed by atoms with E-state index in [9.17, 15) is 4.79 Å². The van der Waals surface area contributed by atoms with Crippen LogP contribution in [0.3, 0.4) is 0 Å². The highest BCUT2D eigenvalue weighted by atomic mass is 16.3. The third-order valence-corrected chi connectivity index (χ3v) is 6.23. The van der Waals surface area contributed by atoms with Crippen LogP contribution >= 0.6 is 0 Å². The van der Waals surface area contributed by atoms with E-state index >= 15 is 0 Å². The summed E-state index contributed by atoms with van der Waals surface area (Å²) in [6, 6.07) is 7.86. The van der Waals surface area contributed by atoms with Crippen LogP contribution in [0.2, 0.25) is 0 Å². The van der Waals surface area contributed by atoms with Gasteiger partial charge in [0, 0.05) is 50.4 Å². The predicted molar refractivity (Wildman–Crippen MR) is 110 cm³/mol. The van der Waals surface area contributed by atoms with Gasteiger partial charge in [0.15, 0.2) is 5.76 Å². The van der Waals surface area contributed by atoms with E-state index in [-0.39, 0.29) is 11.8 Å². The maximum Gasteiger partial charge on any atom is 0.289 e. The Morgan fingerprint density at radius 1 is 1.14 bits per heavy atom. The third kappa shape index (κ3) is 3.44. The quantitative estimate of drug-likeness (QED) is 0.670. The van der Waals surface area contributed by atoms with Crippen LogP contribution in [0.15, 0.2) is 28.7 Å². The lowest BCUT2D eigenvalue weighted by atomic mass is 9.96. The number of furan rings is 1. The lowest BCUT2D eigenvalue weighted by Crippen LogP contribution is -2.39. The van der Waals surface area contributed by atoms with Crippen molar-refractivity contribution in [1.82, 2.24) is 24.6 Å². The van der Waals surface area contributed by atoms with Crippen molar-refractivity contribution in [3.63, 3.8) is 0 Å². The first kappa shape index (κ1) is 18.4. The molecule has 0 spiro atoms. The summed E-state index contributed by atoms with van der Waals surface area (Å²) in [5.41, 5.74) is 1.92. The molecule has 5 rings (SSSR count). The SMILES string of the molecule is Cc1ccc2oc(C(=O)N3CCCC(c4nnc5n4CCN(C)CC5)C3)cc2c1. The van der Waals surface area contributed by atoms with Crippen molar-refractivity contribution in [2.45, 2.75) is 38.6 Å². The van der Waals surface area contributed by atoms with Gasteiger partial charge in [-0.2, -0.15) is 0 Å². The second-order valence-electron chi connectivity index (χ2n) is 8.42. The molecule has 3 aromatic rings. The summed E-state index contributed by atoms with van der Waals surface area (Å²) in [6.07, 6.45) is 2.94. The minimum absolute atomic E-state index is 0.0288. The number of rotatable bonds is 2. The third-order valence-electron chi connectivity index (χ3n) is 6.23. The van der Waals surface area contributed by atoms with Gasteiger partial charge in [0.05, 0.1) is 0 Å². The molecular weight excluding hydrogens is 366 g/mol. The van der Waals surface area contributed by atoms with E-state index in [4.69, 9.17) is 4.42 Å². The van der Waals surface area contributed by atoms with Crippen molar-refractivity contribution in [1.29, 1.82) is 0 Å². The average Bonchev–Trinajstić information content (AvgIpc) is 3.29. The van der Waals surface area contributed by atoms with E-state index in [1.807, 2.05) is 30.0 Å². The van der Waals surface area contributed by atoms with Crippen molar-refractivity contribution >= 4 is 16.9 Å². The van der Waals surface area contributed by atoms with Gasteiger partial charge in [-0.15, -0.1) is 10.2 Å². The van der Waals surface area contributed by atoms with E-state index in [1.54, 1.807) is 0 Å². The number of carbonyl (C=O) groups excluding carboxylic acids is 1. The molecule has 0 radical (unpaired) electrons. The van der Waals surface area contributed by atoms with Gasteiger partial charge in [-0.05, 0) is 45.0 Å². The van der Waals surface area contributed by atoms with Crippen molar-refractivity contribution in [3.05, 3.63) is 47.2 Å². The average molecular weight is 393 g/mol. The Kier molecular flexibility index (Phi) is 4.62. The molecule has 29 heavy (non-hydrogen) atoms. The predicted octanol–water partition coefficient (Wildman–Crippen LogP) is 2.84. The molecule has 7 nitrogen and oxygen atoms in total. The molecule has 2 aromatic heterocycles. The molecule has 1 saturated heterocycles. The summed E-state index contributed by atoms with van der Waals surface area (Å²) in [7, 11) is 2.15. The fourth-order valence-electron chi connectivity index (χ4n) is 4.55. The van der Waals surface area contributed by atoms with Crippen molar-refractivity contribution in [2.75, 3.05) is 33.2 Å². The number of likely N-dealkylation sites (tertiary alicyclic amines) is 1. The highest BCUT2D eigenvalue weighted by Gasteiger charge is 2.31. The number of nitrogens with zero attached hydrogens (tertiary/aromatic N) is 5. The van der Waals surface area contributed by atoms with E-state index in [0.717, 1.165) is 73.6 Å². The van der Waals surface area contributed by atoms with Gasteiger partial charge in [0.25, 0.3) is 5.91 Å². The van der Waals surface area contributed by atoms with Gasteiger partial charge in [-0.1, -0.05) is 11.6 Å². The molecular formula is C22H27N5O2. The summed E-state index contributed by atoms with van der Waals surface area (Å²) in [5, 5.41) is 9.97. The first-order valence-corrected chi connectivity index (χ1v) is 10.5. The van der Waals surface area contributed by atoms with E-state index in [0.29, 0.717) is 12.3 Å². The molecule has 0 bridgehead atoms. The fraction of sp³-hybridized carbons (Fsp3) is 0.500. The summed E-state index contributed by atoms with van der Waals surface area (Å²) >= 11 is 0. The first-order valence-electron chi connectivity index (χ1n) is 10.5. The molecule has 0 N–H and O–H groups in total. The second-order valence-corrected chi connectivity index (χ2v) is 8.42. The Hall–Kier alpha value is -2.67. The number of carbonyl (C=O) groups is 1. The Morgan fingerprint density at radius 3 is 2.93 bits per heavy atom. The summed E-state index contributed by atoms with van der Waals surface area (Å²) in [5.74, 6) is 2.73. The zero-order valence-electron chi connectivity index (χ0n) is 17.1. The molecule has 0 saturated carbocycles. The van der Waals surface area contributed by atoms with E-state index in [2.05, 4.69) is 32.8 Å². The van der Waals surface area contributed by atoms with Crippen molar-refractivity contribution in [3.8, 4) is 0 Å². The summed E-state index contributed by atoms with van der Waals surface area (Å²) < 4.78 is 8.14. The number of piperidine rings is 1. The molecule has 2 aliphatic rings. The normalized spacial score (nSPS) is 20.6. The molecule has 1 fully saturated rings. The molecule has 0 aliphatic carbocycles. The topological polar surface area (TPSA) is 67.4 Å². The highest BCUT2D eigenvalue weighted by Crippen LogP contribution is 2.29.